The zero-order valence-corrected chi connectivity index (χ0v) is 6.96. The van der Waals surface area contributed by atoms with Crippen molar-refractivity contribution in [3.05, 3.63) is 0 Å². The Kier molecular flexibility index (Phi) is 2.06. The van der Waals surface area contributed by atoms with Gasteiger partial charge in [0.1, 0.15) is 12.1 Å². The van der Waals surface area contributed by atoms with Crippen LogP contribution in [0, 0.1) is 0 Å². The van der Waals surface area contributed by atoms with Crippen molar-refractivity contribution in [2.24, 2.45) is 0 Å². The van der Waals surface area contributed by atoms with Gasteiger partial charge in [-0.2, -0.15) is 0 Å². The van der Waals surface area contributed by atoms with Gasteiger partial charge in [-0.15, -0.1) is 0 Å². The number of nitrogens with one attached hydrogen (secondary N) is 1. The molecule has 0 aromatic rings. The van der Waals surface area contributed by atoms with Crippen LogP contribution in [0.1, 0.15) is 13.8 Å². The summed E-state index contributed by atoms with van der Waals surface area (Å²) in [6.45, 7) is 3.18. The maximum absolute atomic E-state index is 11.2. The van der Waals surface area contributed by atoms with Crippen molar-refractivity contribution in [3.8, 4) is 0 Å². The number of ether oxygens (including phenoxy) is 1. The number of rotatable bonds is 1. The molecule has 0 aliphatic carbocycles. The van der Waals surface area contributed by atoms with Crippen molar-refractivity contribution in [1.82, 2.24) is 5.32 Å². The number of carbonyl (C=O) groups excluding carboxylic acids is 1. The summed E-state index contributed by atoms with van der Waals surface area (Å²) in [5.41, 5.74) is -1.08. The molecule has 1 aliphatic rings. The molecule has 5 heteroatoms. The minimum absolute atomic E-state index is 0.0159. The molecule has 1 rings (SSSR count). The fourth-order valence-electron chi connectivity index (χ4n) is 1.14. The van der Waals surface area contributed by atoms with Gasteiger partial charge in [-0.1, -0.05) is 0 Å². The summed E-state index contributed by atoms with van der Waals surface area (Å²) in [5.74, 6) is -0.225. The van der Waals surface area contributed by atoms with Gasteiger partial charge in [0.15, 0.2) is 5.78 Å². The molecule has 2 N–H and O–H groups in total. The average molecular weight is 173 g/mol. The third-order valence-corrected chi connectivity index (χ3v) is 2.22. The second-order valence-corrected chi connectivity index (χ2v) is 3.01. The summed E-state index contributed by atoms with van der Waals surface area (Å²) in [6, 6.07) is 0. The molecule has 0 aromatic heterocycles. The highest BCUT2D eigenvalue weighted by atomic mass is 16.5. The Morgan fingerprint density at radius 1 is 1.83 bits per heavy atom. The van der Waals surface area contributed by atoms with E-state index in [9.17, 15) is 9.59 Å². The van der Waals surface area contributed by atoms with E-state index >= 15 is 0 Å². The van der Waals surface area contributed by atoms with Gasteiger partial charge in [0.25, 0.3) is 0 Å². The average Bonchev–Trinajstić information content (AvgIpc) is 2.16. The van der Waals surface area contributed by atoms with Crippen molar-refractivity contribution in [1.29, 1.82) is 0 Å². The van der Waals surface area contributed by atoms with E-state index in [0.29, 0.717) is 0 Å². The molecule has 0 radical (unpaired) electrons. The fraction of sp³-hybridized carbons (Fsp3) is 0.714. The van der Waals surface area contributed by atoms with Crippen molar-refractivity contribution in [3.63, 3.8) is 0 Å². The lowest BCUT2D eigenvalue weighted by Crippen LogP contribution is -2.55. The standard InChI is InChI=1S/C7H11NO4/c1-4-7(2,8-6(10)11)5(9)3-12-4/h4,8H,3H2,1-2H3,(H,10,11). The molecule has 68 valence electrons. The van der Waals surface area contributed by atoms with Gasteiger partial charge in [-0.3, -0.25) is 4.79 Å². The summed E-state index contributed by atoms with van der Waals surface area (Å²) in [7, 11) is 0. The Hall–Kier alpha value is -1.10. The van der Waals surface area contributed by atoms with Crippen molar-refractivity contribution < 1.29 is 19.4 Å². The monoisotopic (exact) mass is 173 g/mol. The first-order valence-electron chi connectivity index (χ1n) is 3.63. The van der Waals surface area contributed by atoms with Gasteiger partial charge < -0.3 is 15.2 Å². The Morgan fingerprint density at radius 2 is 2.42 bits per heavy atom. The zero-order chi connectivity index (χ0) is 9.35. The third kappa shape index (κ3) is 1.27. The molecule has 1 saturated heterocycles. The van der Waals surface area contributed by atoms with Crippen LogP contribution in [0.25, 0.3) is 0 Å². The smallest absolute Gasteiger partial charge is 0.405 e. The Labute approximate surface area is 69.7 Å². The summed E-state index contributed by atoms with van der Waals surface area (Å²) in [4.78, 5) is 21.5. The lowest BCUT2D eigenvalue weighted by Gasteiger charge is -2.24. The molecule has 1 amide bonds. The second-order valence-electron chi connectivity index (χ2n) is 3.01. The van der Waals surface area contributed by atoms with E-state index in [2.05, 4.69) is 5.32 Å². The number of amides is 1. The molecule has 0 aromatic carbocycles. The van der Waals surface area contributed by atoms with Crippen molar-refractivity contribution >= 4 is 11.9 Å². The van der Waals surface area contributed by atoms with Gasteiger partial charge >= 0.3 is 6.09 Å². The molecule has 1 aliphatic heterocycles. The van der Waals surface area contributed by atoms with Gasteiger partial charge in [0.05, 0.1) is 6.10 Å². The summed E-state index contributed by atoms with van der Waals surface area (Å²) < 4.78 is 5.01. The van der Waals surface area contributed by atoms with E-state index in [1.807, 2.05) is 0 Å². The van der Waals surface area contributed by atoms with Crippen molar-refractivity contribution in [2.45, 2.75) is 25.5 Å². The van der Waals surface area contributed by atoms with Crippen LogP contribution in [0.5, 0.6) is 0 Å². The zero-order valence-electron chi connectivity index (χ0n) is 6.96. The molecule has 0 saturated carbocycles. The molecular formula is C7H11NO4. The lowest BCUT2D eigenvalue weighted by molar-refractivity contribution is -0.121. The molecule has 0 bridgehead atoms. The normalized spacial score (nSPS) is 35.2. The first-order chi connectivity index (χ1) is 5.47. The van der Waals surface area contributed by atoms with Gasteiger partial charge in [0.2, 0.25) is 0 Å². The highest BCUT2D eigenvalue weighted by molar-refractivity contribution is 5.94. The molecule has 5 nitrogen and oxygen atoms in total. The third-order valence-electron chi connectivity index (χ3n) is 2.22. The molecule has 12 heavy (non-hydrogen) atoms. The summed E-state index contributed by atoms with van der Waals surface area (Å²) >= 11 is 0. The lowest BCUT2D eigenvalue weighted by atomic mass is 9.94. The quantitative estimate of drug-likeness (QED) is 0.585. The molecule has 2 atom stereocenters. The topological polar surface area (TPSA) is 75.6 Å². The number of carboxylic acid groups (broad SMARTS) is 1. The maximum atomic E-state index is 11.2. The maximum Gasteiger partial charge on any atom is 0.405 e. The van der Waals surface area contributed by atoms with Gasteiger partial charge in [0, 0.05) is 0 Å². The molecule has 1 fully saturated rings. The molecule has 1 heterocycles. The predicted octanol–water partition coefficient (Wildman–Crippen LogP) is 0.000500. The Morgan fingerprint density at radius 3 is 2.75 bits per heavy atom. The first-order valence-corrected chi connectivity index (χ1v) is 3.63. The van der Waals surface area contributed by atoms with E-state index < -0.39 is 17.7 Å². The van der Waals surface area contributed by atoms with E-state index in [0.717, 1.165) is 0 Å². The number of Topliss-reactive ketones (excluding diaryl/α,β-unsaturated/α-hetero) is 1. The number of ketones is 1. The van der Waals surface area contributed by atoms with E-state index in [4.69, 9.17) is 9.84 Å². The van der Waals surface area contributed by atoms with Crippen LogP contribution in [0.15, 0.2) is 0 Å². The fourth-order valence-corrected chi connectivity index (χ4v) is 1.14. The largest absolute Gasteiger partial charge is 0.465 e. The number of hydrogen-bond donors (Lipinski definition) is 2. The minimum atomic E-state index is -1.21. The Balaban J connectivity index is 2.79. The van der Waals surface area contributed by atoms with Crippen LogP contribution in [0.3, 0.4) is 0 Å². The number of hydrogen-bond acceptors (Lipinski definition) is 3. The van der Waals surface area contributed by atoms with Crippen LogP contribution >= 0.6 is 0 Å². The first kappa shape index (κ1) is 8.99. The van der Waals surface area contributed by atoms with Crippen molar-refractivity contribution in [2.75, 3.05) is 6.61 Å². The SMILES string of the molecule is CC1OCC(=O)C1(C)NC(=O)O. The Bertz CT molecular complexity index is 227. The van der Waals surface area contributed by atoms with E-state index in [1.54, 1.807) is 6.92 Å². The summed E-state index contributed by atoms with van der Waals surface area (Å²) in [5, 5.41) is 10.6. The number of carbonyl (C=O) groups is 2. The van der Waals surface area contributed by atoms with Gasteiger partial charge in [-0.25, -0.2) is 4.79 Å². The van der Waals surface area contributed by atoms with Crippen LogP contribution in [-0.4, -0.2) is 35.2 Å². The summed E-state index contributed by atoms with van der Waals surface area (Å²) in [6.07, 6.45) is -1.61. The highest BCUT2D eigenvalue weighted by Gasteiger charge is 2.46. The predicted molar refractivity (Wildman–Crippen MR) is 40.0 cm³/mol. The molecular weight excluding hydrogens is 162 g/mol. The second kappa shape index (κ2) is 2.75. The van der Waals surface area contributed by atoms with Crippen LogP contribution < -0.4 is 5.32 Å². The van der Waals surface area contributed by atoms with E-state index in [1.165, 1.54) is 6.92 Å². The van der Waals surface area contributed by atoms with Crippen LogP contribution in [-0.2, 0) is 9.53 Å². The van der Waals surface area contributed by atoms with Crippen LogP contribution in [0.2, 0.25) is 0 Å². The highest BCUT2D eigenvalue weighted by Crippen LogP contribution is 2.21. The minimum Gasteiger partial charge on any atom is -0.465 e. The van der Waals surface area contributed by atoms with Crippen LogP contribution in [0.4, 0.5) is 4.79 Å². The van der Waals surface area contributed by atoms with Gasteiger partial charge in [-0.05, 0) is 13.8 Å². The van der Waals surface area contributed by atoms with E-state index in [-0.39, 0.29) is 12.4 Å². The molecule has 0 spiro atoms. The molecule has 2 unspecified atom stereocenters.